The molecule has 2 aromatic carbocycles. The van der Waals surface area contributed by atoms with Crippen LogP contribution in [0.15, 0.2) is 42.5 Å². The summed E-state index contributed by atoms with van der Waals surface area (Å²) in [5.41, 5.74) is 4.81. The molecule has 2 amide bonds. The molecule has 0 aliphatic rings. The first-order valence-electron chi connectivity index (χ1n) is 9.85. The van der Waals surface area contributed by atoms with Gasteiger partial charge in [0, 0.05) is 30.4 Å². The van der Waals surface area contributed by atoms with Crippen LogP contribution in [0.1, 0.15) is 53.9 Å². The number of nitrogens with zero attached hydrogens (tertiary/aromatic N) is 1. The Labute approximate surface area is 168 Å². The molecule has 5 nitrogen and oxygen atoms in total. The third-order valence-electron chi connectivity index (χ3n) is 4.91. The van der Waals surface area contributed by atoms with E-state index in [0.717, 1.165) is 0 Å². The van der Waals surface area contributed by atoms with Crippen LogP contribution in [0.2, 0.25) is 0 Å². The maximum atomic E-state index is 12.5. The van der Waals surface area contributed by atoms with Crippen molar-refractivity contribution >= 4 is 17.5 Å². The van der Waals surface area contributed by atoms with Gasteiger partial charge in [0.05, 0.1) is 6.54 Å². The summed E-state index contributed by atoms with van der Waals surface area (Å²) in [4.78, 5) is 26.6. The van der Waals surface area contributed by atoms with Crippen molar-refractivity contribution in [2.45, 2.75) is 40.7 Å². The van der Waals surface area contributed by atoms with Crippen LogP contribution in [0.3, 0.4) is 0 Å². The van der Waals surface area contributed by atoms with Crippen molar-refractivity contribution in [2.24, 2.45) is 0 Å². The molecule has 2 N–H and O–H groups in total. The molecule has 0 heterocycles. The molecule has 0 aliphatic carbocycles. The van der Waals surface area contributed by atoms with Gasteiger partial charge >= 0.3 is 0 Å². The second kappa shape index (κ2) is 10.0. The fraction of sp³-hybridized carbons (Fsp3) is 0.391. The van der Waals surface area contributed by atoms with Gasteiger partial charge in [-0.3, -0.25) is 9.59 Å². The van der Waals surface area contributed by atoms with E-state index in [1.807, 2.05) is 13.8 Å². The zero-order chi connectivity index (χ0) is 20.7. The van der Waals surface area contributed by atoms with E-state index in [1.54, 1.807) is 29.2 Å². The zero-order valence-electron chi connectivity index (χ0n) is 17.5. The number of rotatable bonds is 8. The number of hydrogen-bond acceptors (Lipinski definition) is 3. The number of aryl methyl sites for hydroxylation is 2. The van der Waals surface area contributed by atoms with Crippen LogP contribution in [0.4, 0.5) is 5.69 Å². The Kier molecular flexibility index (Phi) is 7.76. The van der Waals surface area contributed by atoms with E-state index in [4.69, 9.17) is 0 Å². The van der Waals surface area contributed by atoms with Crippen LogP contribution in [-0.2, 0) is 4.79 Å². The number of amides is 2. The lowest BCUT2D eigenvalue weighted by atomic mass is 10.00. The first-order valence-corrected chi connectivity index (χ1v) is 9.85. The van der Waals surface area contributed by atoms with E-state index >= 15 is 0 Å². The first-order chi connectivity index (χ1) is 13.3. The van der Waals surface area contributed by atoms with Gasteiger partial charge in [-0.25, -0.2) is 0 Å². The fourth-order valence-corrected chi connectivity index (χ4v) is 3.21. The van der Waals surface area contributed by atoms with Crippen LogP contribution >= 0.6 is 0 Å². The van der Waals surface area contributed by atoms with E-state index in [2.05, 4.69) is 49.6 Å². The highest BCUT2D eigenvalue weighted by atomic mass is 16.2. The van der Waals surface area contributed by atoms with Gasteiger partial charge in [0.1, 0.15) is 0 Å². The number of carbonyl (C=O) groups excluding carboxylic acids is 2. The van der Waals surface area contributed by atoms with Gasteiger partial charge < -0.3 is 15.5 Å². The summed E-state index contributed by atoms with van der Waals surface area (Å²) in [6, 6.07) is 13.5. The molecule has 0 radical (unpaired) electrons. The number of hydrogen-bond donors (Lipinski definition) is 2. The predicted molar refractivity (Wildman–Crippen MR) is 115 cm³/mol. The molecule has 2 rings (SSSR count). The predicted octanol–water partition coefficient (Wildman–Crippen LogP) is 4.07. The van der Waals surface area contributed by atoms with Gasteiger partial charge in [0.2, 0.25) is 5.91 Å². The standard InChI is InChI=1S/C23H31N3O2/c1-6-26(7-2)23(28)19-9-8-10-20(14-19)25-22(27)15-24-18(5)21-13-16(3)11-12-17(21)4/h8-14,18,24H,6-7,15H2,1-5H3,(H,25,27)/t18-/m1/s1. The molecular formula is C23H31N3O2. The Morgan fingerprint density at radius 1 is 1.04 bits per heavy atom. The normalized spacial score (nSPS) is 11.8. The summed E-state index contributed by atoms with van der Waals surface area (Å²) in [5, 5.41) is 6.15. The Balaban J connectivity index is 1.97. The van der Waals surface area contributed by atoms with E-state index in [0.29, 0.717) is 24.3 Å². The lowest BCUT2D eigenvalue weighted by Crippen LogP contribution is -2.31. The summed E-state index contributed by atoms with van der Waals surface area (Å²) in [7, 11) is 0. The first kappa shape index (κ1) is 21.6. The molecule has 0 saturated heterocycles. The summed E-state index contributed by atoms with van der Waals surface area (Å²) < 4.78 is 0. The van der Waals surface area contributed by atoms with Gasteiger partial charge in [-0.1, -0.05) is 29.8 Å². The number of anilines is 1. The lowest BCUT2D eigenvalue weighted by Gasteiger charge is -2.19. The minimum atomic E-state index is -0.135. The molecule has 2 aromatic rings. The Morgan fingerprint density at radius 3 is 2.43 bits per heavy atom. The van der Waals surface area contributed by atoms with Crippen LogP contribution in [0.25, 0.3) is 0 Å². The van der Waals surface area contributed by atoms with Crippen molar-refractivity contribution in [3.05, 3.63) is 64.7 Å². The molecule has 0 aliphatic heterocycles. The molecule has 0 unspecified atom stereocenters. The maximum Gasteiger partial charge on any atom is 0.253 e. The minimum Gasteiger partial charge on any atom is -0.339 e. The molecule has 150 valence electrons. The van der Waals surface area contributed by atoms with Gasteiger partial charge in [-0.2, -0.15) is 0 Å². The van der Waals surface area contributed by atoms with Crippen molar-refractivity contribution in [1.29, 1.82) is 0 Å². The third kappa shape index (κ3) is 5.67. The molecular weight excluding hydrogens is 350 g/mol. The second-order valence-corrected chi connectivity index (χ2v) is 7.07. The van der Waals surface area contributed by atoms with E-state index < -0.39 is 0 Å². The number of benzene rings is 2. The lowest BCUT2D eigenvalue weighted by molar-refractivity contribution is -0.115. The molecule has 0 aromatic heterocycles. The highest BCUT2D eigenvalue weighted by Gasteiger charge is 2.14. The van der Waals surface area contributed by atoms with Crippen LogP contribution in [0, 0.1) is 13.8 Å². The molecule has 0 spiro atoms. The summed E-state index contributed by atoms with van der Waals surface area (Å²) >= 11 is 0. The van der Waals surface area contributed by atoms with Crippen molar-refractivity contribution < 1.29 is 9.59 Å². The monoisotopic (exact) mass is 381 g/mol. The summed E-state index contributed by atoms with van der Waals surface area (Å²) in [5.74, 6) is -0.160. The number of carbonyl (C=O) groups is 2. The average molecular weight is 382 g/mol. The SMILES string of the molecule is CCN(CC)C(=O)c1cccc(NC(=O)CN[C@H](C)c2cc(C)ccc2C)c1. The largest absolute Gasteiger partial charge is 0.339 e. The Bertz CT molecular complexity index is 828. The van der Waals surface area contributed by atoms with Crippen LogP contribution < -0.4 is 10.6 Å². The minimum absolute atomic E-state index is 0.0252. The van der Waals surface area contributed by atoms with Gasteiger partial charge in [0.25, 0.3) is 5.91 Å². The summed E-state index contributed by atoms with van der Waals surface area (Å²) in [6.07, 6.45) is 0. The Hall–Kier alpha value is -2.66. The Morgan fingerprint density at radius 2 is 1.75 bits per heavy atom. The van der Waals surface area contributed by atoms with Gasteiger partial charge in [0.15, 0.2) is 0 Å². The van der Waals surface area contributed by atoms with Crippen molar-refractivity contribution in [3.8, 4) is 0 Å². The van der Waals surface area contributed by atoms with Gasteiger partial charge in [-0.15, -0.1) is 0 Å². The fourth-order valence-electron chi connectivity index (χ4n) is 3.21. The topological polar surface area (TPSA) is 61.4 Å². The maximum absolute atomic E-state index is 12.5. The molecule has 0 saturated carbocycles. The third-order valence-corrected chi connectivity index (χ3v) is 4.91. The second-order valence-electron chi connectivity index (χ2n) is 7.07. The van der Waals surface area contributed by atoms with Crippen LogP contribution in [-0.4, -0.2) is 36.3 Å². The quantitative estimate of drug-likeness (QED) is 0.724. The number of nitrogens with one attached hydrogen (secondary N) is 2. The average Bonchev–Trinajstić information content (AvgIpc) is 2.69. The molecule has 0 fully saturated rings. The smallest absolute Gasteiger partial charge is 0.253 e. The van der Waals surface area contributed by atoms with Crippen molar-refractivity contribution in [1.82, 2.24) is 10.2 Å². The van der Waals surface area contributed by atoms with Gasteiger partial charge in [-0.05, 0) is 63.9 Å². The summed E-state index contributed by atoms with van der Waals surface area (Å²) in [6.45, 7) is 11.6. The molecule has 0 bridgehead atoms. The molecule has 28 heavy (non-hydrogen) atoms. The van der Waals surface area contributed by atoms with Crippen molar-refractivity contribution in [3.63, 3.8) is 0 Å². The molecule has 5 heteroatoms. The van der Waals surface area contributed by atoms with Crippen LogP contribution in [0.5, 0.6) is 0 Å². The van der Waals surface area contributed by atoms with E-state index in [-0.39, 0.29) is 24.4 Å². The highest BCUT2D eigenvalue weighted by molar-refractivity contribution is 5.97. The molecule has 1 atom stereocenters. The highest BCUT2D eigenvalue weighted by Crippen LogP contribution is 2.19. The van der Waals surface area contributed by atoms with Crippen molar-refractivity contribution in [2.75, 3.05) is 25.0 Å². The van der Waals surface area contributed by atoms with E-state index in [1.165, 1.54) is 16.7 Å². The van der Waals surface area contributed by atoms with E-state index in [9.17, 15) is 9.59 Å². The zero-order valence-corrected chi connectivity index (χ0v) is 17.5.